The van der Waals surface area contributed by atoms with E-state index in [4.69, 9.17) is 10.5 Å². The maximum absolute atomic E-state index is 12.9. The molecule has 2 saturated carbocycles. The number of rotatable bonds is 4. The molecular formula is C17H30N2O2. The van der Waals surface area contributed by atoms with Gasteiger partial charge in [-0.15, -0.1) is 0 Å². The summed E-state index contributed by atoms with van der Waals surface area (Å²) in [4.78, 5) is 14.9. The number of nitrogens with two attached hydrogens (primary N) is 1. The first-order valence-electron chi connectivity index (χ1n) is 8.85. The highest BCUT2D eigenvalue weighted by Crippen LogP contribution is 2.42. The van der Waals surface area contributed by atoms with Gasteiger partial charge in [-0.25, -0.2) is 0 Å². The number of carbonyl (C=O) groups excluding carboxylic acids is 1. The summed E-state index contributed by atoms with van der Waals surface area (Å²) in [6.07, 6.45) is 8.27. The number of nitrogens with zero attached hydrogens (tertiary/aromatic N) is 1. The third kappa shape index (κ3) is 3.26. The number of amides is 1. The van der Waals surface area contributed by atoms with E-state index < -0.39 is 0 Å². The molecule has 0 radical (unpaired) electrons. The van der Waals surface area contributed by atoms with Gasteiger partial charge in [0.25, 0.3) is 0 Å². The molecule has 4 nitrogen and oxygen atoms in total. The van der Waals surface area contributed by atoms with Gasteiger partial charge in [0.2, 0.25) is 5.91 Å². The molecule has 3 atom stereocenters. The quantitative estimate of drug-likeness (QED) is 0.864. The highest BCUT2D eigenvalue weighted by atomic mass is 16.5. The van der Waals surface area contributed by atoms with Crippen LogP contribution in [0.3, 0.4) is 0 Å². The summed E-state index contributed by atoms with van der Waals surface area (Å²) < 4.78 is 5.70. The maximum atomic E-state index is 12.9. The molecule has 2 N–H and O–H groups in total. The van der Waals surface area contributed by atoms with E-state index in [0.29, 0.717) is 23.8 Å². The summed E-state index contributed by atoms with van der Waals surface area (Å²) in [7, 11) is 0. The lowest BCUT2D eigenvalue weighted by atomic mass is 9.65. The number of hydrogen-bond donors (Lipinski definition) is 1. The zero-order chi connectivity index (χ0) is 14.8. The molecule has 3 unspecified atom stereocenters. The zero-order valence-electron chi connectivity index (χ0n) is 13.3. The van der Waals surface area contributed by atoms with Crippen LogP contribution >= 0.6 is 0 Å². The molecule has 3 rings (SSSR count). The molecule has 0 aromatic rings. The molecule has 1 amide bonds. The second-order valence-electron chi connectivity index (χ2n) is 7.21. The smallest absolute Gasteiger partial charge is 0.225 e. The van der Waals surface area contributed by atoms with Crippen molar-refractivity contribution in [3.63, 3.8) is 0 Å². The monoisotopic (exact) mass is 294 g/mol. The van der Waals surface area contributed by atoms with Gasteiger partial charge in [0.15, 0.2) is 0 Å². The van der Waals surface area contributed by atoms with E-state index in [9.17, 15) is 4.79 Å². The highest BCUT2D eigenvalue weighted by Gasteiger charge is 2.41. The molecule has 120 valence electrons. The number of likely N-dealkylation sites (N-methyl/N-ethyl adjacent to an activating group) is 1. The third-order valence-corrected chi connectivity index (χ3v) is 5.90. The minimum absolute atomic E-state index is 0.210. The molecule has 2 bridgehead atoms. The van der Waals surface area contributed by atoms with Crippen molar-refractivity contribution in [3.05, 3.63) is 0 Å². The van der Waals surface area contributed by atoms with Gasteiger partial charge in [-0.1, -0.05) is 6.42 Å². The average molecular weight is 294 g/mol. The highest BCUT2D eigenvalue weighted by molar-refractivity contribution is 5.79. The summed E-state index contributed by atoms with van der Waals surface area (Å²) in [5, 5.41) is 0. The van der Waals surface area contributed by atoms with Crippen molar-refractivity contribution >= 4 is 5.91 Å². The van der Waals surface area contributed by atoms with Crippen LogP contribution in [0.25, 0.3) is 0 Å². The van der Waals surface area contributed by atoms with Crippen molar-refractivity contribution in [3.8, 4) is 0 Å². The standard InChI is InChI=1S/C17H30N2O2/c1-2-19(11-15-7-4-8-21-15)17(20)14-9-12-5-3-6-13(10-14)16(12)18/h12-16H,2-11,18H2,1H3. The average Bonchev–Trinajstić information content (AvgIpc) is 2.96. The van der Waals surface area contributed by atoms with E-state index in [1.54, 1.807) is 0 Å². The lowest BCUT2D eigenvalue weighted by molar-refractivity contribution is -0.140. The predicted molar refractivity (Wildman–Crippen MR) is 82.8 cm³/mol. The van der Waals surface area contributed by atoms with Gasteiger partial charge in [-0.2, -0.15) is 0 Å². The van der Waals surface area contributed by atoms with E-state index in [-0.39, 0.29) is 12.0 Å². The number of carbonyl (C=O) groups is 1. The summed E-state index contributed by atoms with van der Waals surface area (Å²) in [5.41, 5.74) is 6.34. The van der Waals surface area contributed by atoms with Crippen LogP contribution < -0.4 is 5.73 Å². The Morgan fingerprint density at radius 2 is 1.90 bits per heavy atom. The molecule has 1 aliphatic heterocycles. The van der Waals surface area contributed by atoms with Crippen LogP contribution in [0.4, 0.5) is 0 Å². The summed E-state index contributed by atoms with van der Waals surface area (Å²) in [5.74, 6) is 1.72. The van der Waals surface area contributed by atoms with Gasteiger partial charge >= 0.3 is 0 Å². The van der Waals surface area contributed by atoms with Crippen LogP contribution in [0.2, 0.25) is 0 Å². The lowest BCUT2D eigenvalue weighted by Crippen LogP contribution is -2.50. The largest absolute Gasteiger partial charge is 0.376 e. The predicted octanol–water partition coefficient (Wildman–Crippen LogP) is 2.17. The molecule has 21 heavy (non-hydrogen) atoms. The summed E-state index contributed by atoms with van der Waals surface area (Å²) in [6.45, 7) is 4.53. The van der Waals surface area contributed by atoms with Crippen LogP contribution in [0.15, 0.2) is 0 Å². The van der Waals surface area contributed by atoms with Crippen molar-refractivity contribution in [1.82, 2.24) is 4.90 Å². The summed E-state index contributed by atoms with van der Waals surface area (Å²) in [6, 6.07) is 0.344. The van der Waals surface area contributed by atoms with E-state index >= 15 is 0 Å². The topological polar surface area (TPSA) is 55.6 Å². The van der Waals surface area contributed by atoms with Gasteiger partial charge < -0.3 is 15.4 Å². The first-order valence-corrected chi connectivity index (χ1v) is 8.85. The van der Waals surface area contributed by atoms with Crippen LogP contribution in [0.1, 0.15) is 51.9 Å². The molecule has 1 heterocycles. The zero-order valence-corrected chi connectivity index (χ0v) is 13.3. The van der Waals surface area contributed by atoms with Crippen molar-refractivity contribution in [2.45, 2.75) is 64.0 Å². The molecule has 3 fully saturated rings. The van der Waals surface area contributed by atoms with E-state index in [2.05, 4.69) is 6.92 Å². The Labute approximate surface area is 128 Å². The number of ether oxygens (including phenoxy) is 1. The Morgan fingerprint density at radius 1 is 1.19 bits per heavy atom. The number of hydrogen-bond acceptors (Lipinski definition) is 3. The minimum atomic E-state index is 0.210. The normalized spacial score (nSPS) is 39.2. The molecule has 0 spiro atoms. The van der Waals surface area contributed by atoms with Crippen LogP contribution in [0, 0.1) is 17.8 Å². The van der Waals surface area contributed by atoms with Gasteiger partial charge in [-0.3, -0.25) is 4.79 Å². The second kappa shape index (κ2) is 6.66. The van der Waals surface area contributed by atoms with E-state index in [1.807, 2.05) is 4.90 Å². The van der Waals surface area contributed by atoms with E-state index in [0.717, 1.165) is 45.4 Å². The van der Waals surface area contributed by atoms with Crippen LogP contribution in [-0.4, -0.2) is 42.6 Å². The first kappa shape index (κ1) is 15.3. The van der Waals surface area contributed by atoms with Gasteiger partial charge in [0, 0.05) is 31.7 Å². The molecule has 2 aliphatic carbocycles. The van der Waals surface area contributed by atoms with Crippen LogP contribution in [0.5, 0.6) is 0 Å². The fourth-order valence-corrected chi connectivity index (χ4v) is 4.66. The Balaban J connectivity index is 1.60. The minimum Gasteiger partial charge on any atom is -0.376 e. The van der Waals surface area contributed by atoms with Gasteiger partial charge in [0.05, 0.1) is 6.10 Å². The van der Waals surface area contributed by atoms with Crippen molar-refractivity contribution in [2.75, 3.05) is 19.7 Å². The van der Waals surface area contributed by atoms with Crippen LogP contribution in [-0.2, 0) is 9.53 Å². The molecule has 0 aromatic carbocycles. The Bertz CT molecular complexity index is 354. The Hall–Kier alpha value is -0.610. The fraction of sp³-hybridized carbons (Fsp3) is 0.941. The SMILES string of the molecule is CCN(CC1CCCO1)C(=O)C1CC2CCCC(C1)C2N. The van der Waals surface area contributed by atoms with Crippen molar-refractivity contribution in [2.24, 2.45) is 23.5 Å². The second-order valence-corrected chi connectivity index (χ2v) is 7.21. The van der Waals surface area contributed by atoms with Gasteiger partial charge in [0.1, 0.15) is 0 Å². The molecule has 0 aromatic heterocycles. The molecule has 4 heteroatoms. The number of fused-ring (bicyclic) bond motifs is 2. The molecule has 1 saturated heterocycles. The van der Waals surface area contributed by atoms with Gasteiger partial charge in [-0.05, 0) is 57.3 Å². The third-order valence-electron chi connectivity index (χ3n) is 5.90. The summed E-state index contributed by atoms with van der Waals surface area (Å²) >= 11 is 0. The lowest BCUT2D eigenvalue weighted by Gasteiger charge is -2.44. The fourth-order valence-electron chi connectivity index (χ4n) is 4.66. The maximum Gasteiger partial charge on any atom is 0.225 e. The Morgan fingerprint density at radius 3 is 2.48 bits per heavy atom. The van der Waals surface area contributed by atoms with Crippen molar-refractivity contribution in [1.29, 1.82) is 0 Å². The van der Waals surface area contributed by atoms with E-state index in [1.165, 1.54) is 19.3 Å². The Kier molecular flexibility index (Phi) is 4.85. The van der Waals surface area contributed by atoms with Crippen molar-refractivity contribution < 1.29 is 9.53 Å². The first-order chi connectivity index (χ1) is 10.2. The molecule has 3 aliphatic rings. The molecular weight excluding hydrogens is 264 g/mol.